The molecule has 3 aromatic rings. The molecule has 4 nitrogen and oxygen atoms in total. The molecule has 0 fully saturated rings. The van der Waals surface area contributed by atoms with Crippen LogP contribution in [-0.4, -0.2) is 34.0 Å². The zero-order valence-electron chi connectivity index (χ0n) is 14.9. The van der Waals surface area contributed by atoms with Gasteiger partial charge in [-0.15, -0.1) is 11.3 Å². The number of thiophene rings is 1. The second-order valence-corrected chi connectivity index (χ2v) is 9.07. The predicted molar refractivity (Wildman–Crippen MR) is 105 cm³/mol. The van der Waals surface area contributed by atoms with E-state index in [-0.39, 0.29) is 17.5 Å². The van der Waals surface area contributed by atoms with E-state index >= 15 is 0 Å². The lowest BCUT2D eigenvalue weighted by atomic mass is 10.1. The van der Waals surface area contributed by atoms with Crippen LogP contribution in [0.15, 0.2) is 52.7 Å². The third kappa shape index (κ3) is 3.81. The van der Waals surface area contributed by atoms with Gasteiger partial charge >= 0.3 is 0 Å². The van der Waals surface area contributed by atoms with Gasteiger partial charge in [0.05, 0.1) is 4.90 Å². The summed E-state index contributed by atoms with van der Waals surface area (Å²) in [4.78, 5) is 2.10. The first-order chi connectivity index (χ1) is 12.3. The number of sulfonamides is 1. The van der Waals surface area contributed by atoms with Crippen molar-refractivity contribution >= 4 is 31.4 Å². The number of hydrogen-bond donors (Lipinski definition) is 1. The first-order valence-electron chi connectivity index (χ1n) is 8.18. The number of likely N-dealkylation sites (N-methyl/N-ethyl adjacent to an activating group) is 1. The number of aryl methyl sites for hydroxylation is 1. The van der Waals surface area contributed by atoms with Crippen molar-refractivity contribution in [2.24, 2.45) is 0 Å². The maximum atomic E-state index is 13.3. The largest absolute Gasteiger partial charge is 0.301 e. The molecule has 3 rings (SSSR count). The average molecular weight is 393 g/mol. The molecule has 0 aliphatic rings. The van der Waals surface area contributed by atoms with E-state index in [0.717, 1.165) is 17.0 Å². The van der Waals surface area contributed by atoms with Gasteiger partial charge in [-0.2, -0.15) is 0 Å². The number of nitrogens with one attached hydrogen (secondary N) is 1. The second-order valence-electron chi connectivity index (χ2n) is 6.43. The first-order valence-corrected chi connectivity index (χ1v) is 10.5. The molecule has 1 heterocycles. The van der Waals surface area contributed by atoms with Crippen LogP contribution in [0.1, 0.15) is 17.2 Å². The standard InChI is InChI=1S/C19H21FN2O2S2/c1-13-10-14(20)8-9-19(13)26(23,24)21-11-17(22(2)3)16-12-25-18-7-5-4-6-15(16)18/h4-10,12,17,21H,11H2,1-3H3. The van der Waals surface area contributed by atoms with Crippen LogP contribution < -0.4 is 4.72 Å². The van der Waals surface area contributed by atoms with E-state index in [1.54, 1.807) is 18.3 Å². The van der Waals surface area contributed by atoms with Crippen molar-refractivity contribution in [1.29, 1.82) is 0 Å². The van der Waals surface area contributed by atoms with Crippen LogP contribution in [0.5, 0.6) is 0 Å². The first kappa shape index (κ1) is 19.0. The second kappa shape index (κ2) is 7.44. The average Bonchev–Trinajstić information content (AvgIpc) is 2.98. The summed E-state index contributed by atoms with van der Waals surface area (Å²) < 4.78 is 42.5. The van der Waals surface area contributed by atoms with Crippen molar-refractivity contribution in [1.82, 2.24) is 9.62 Å². The molecule has 0 spiro atoms. The minimum absolute atomic E-state index is 0.103. The molecule has 0 saturated heterocycles. The Labute approximate surface area is 157 Å². The van der Waals surface area contributed by atoms with Gasteiger partial charge in [0, 0.05) is 17.3 Å². The minimum atomic E-state index is -3.72. The van der Waals surface area contributed by atoms with E-state index in [1.807, 2.05) is 31.1 Å². The quantitative estimate of drug-likeness (QED) is 0.691. The lowest BCUT2D eigenvalue weighted by Crippen LogP contribution is -2.34. The molecule has 0 aliphatic heterocycles. The fourth-order valence-corrected chi connectivity index (χ4v) is 5.28. The highest BCUT2D eigenvalue weighted by molar-refractivity contribution is 7.89. The molecule has 1 N–H and O–H groups in total. The summed E-state index contributed by atoms with van der Waals surface area (Å²) in [6.07, 6.45) is 0. The SMILES string of the molecule is Cc1cc(F)ccc1S(=O)(=O)NCC(c1csc2ccccc12)N(C)C. The van der Waals surface area contributed by atoms with Crippen LogP contribution in [0, 0.1) is 12.7 Å². The number of nitrogens with zero attached hydrogens (tertiary/aromatic N) is 1. The Morgan fingerprint density at radius 3 is 2.62 bits per heavy atom. The van der Waals surface area contributed by atoms with Crippen molar-refractivity contribution in [3.63, 3.8) is 0 Å². The van der Waals surface area contributed by atoms with Crippen LogP contribution in [0.3, 0.4) is 0 Å². The topological polar surface area (TPSA) is 49.4 Å². The number of benzene rings is 2. The Hall–Kier alpha value is -1.80. The highest BCUT2D eigenvalue weighted by Gasteiger charge is 2.23. The van der Waals surface area contributed by atoms with Crippen molar-refractivity contribution in [3.8, 4) is 0 Å². The van der Waals surface area contributed by atoms with Gasteiger partial charge in [0.2, 0.25) is 10.0 Å². The molecule has 1 aromatic heterocycles. The molecule has 0 bridgehead atoms. The van der Waals surface area contributed by atoms with Gasteiger partial charge in [-0.05, 0) is 67.2 Å². The zero-order chi connectivity index (χ0) is 18.9. The summed E-state index contributed by atoms with van der Waals surface area (Å²) in [5, 5.41) is 3.21. The highest BCUT2D eigenvalue weighted by Crippen LogP contribution is 2.32. The summed E-state index contributed by atoms with van der Waals surface area (Å²) in [6, 6.07) is 11.7. The van der Waals surface area contributed by atoms with Gasteiger partial charge in [0.1, 0.15) is 5.82 Å². The molecule has 2 aromatic carbocycles. The molecule has 1 unspecified atom stereocenters. The summed E-state index contributed by atoms with van der Waals surface area (Å²) in [7, 11) is 0.130. The molecule has 138 valence electrons. The minimum Gasteiger partial charge on any atom is -0.301 e. The normalized spacial score (nSPS) is 13.4. The molecule has 0 aliphatic carbocycles. The molecule has 7 heteroatoms. The van der Waals surface area contributed by atoms with Gasteiger partial charge in [-0.25, -0.2) is 17.5 Å². The zero-order valence-corrected chi connectivity index (χ0v) is 16.5. The van der Waals surface area contributed by atoms with E-state index < -0.39 is 15.8 Å². The van der Waals surface area contributed by atoms with Crippen molar-refractivity contribution in [3.05, 3.63) is 64.8 Å². The van der Waals surface area contributed by atoms with Gasteiger partial charge in [0.15, 0.2) is 0 Å². The highest BCUT2D eigenvalue weighted by atomic mass is 32.2. The summed E-state index contributed by atoms with van der Waals surface area (Å²) in [6.45, 7) is 1.82. The maximum absolute atomic E-state index is 13.3. The molecule has 1 atom stereocenters. The van der Waals surface area contributed by atoms with Crippen molar-refractivity contribution in [2.75, 3.05) is 20.6 Å². The van der Waals surface area contributed by atoms with Gasteiger partial charge in [-0.1, -0.05) is 18.2 Å². The van der Waals surface area contributed by atoms with Crippen LogP contribution in [0.25, 0.3) is 10.1 Å². The van der Waals surface area contributed by atoms with E-state index in [1.165, 1.54) is 16.8 Å². The monoisotopic (exact) mass is 392 g/mol. The Balaban J connectivity index is 1.87. The maximum Gasteiger partial charge on any atom is 0.240 e. The van der Waals surface area contributed by atoms with Gasteiger partial charge in [-0.3, -0.25) is 0 Å². The van der Waals surface area contributed by atoms with E-state index in [4.69, 9.17) is 0 Å². The predicted octanol–water partition coefficient (Wildman–Crippen LogP) is 3.93. The van der Waals surface area contributed by atoms with Crippen LogP contribution in [0.2, 0.25) is 0 Å². The number of rotatable bonds is 6. The summed E-state index contributed by atoms with van der Waals surface area (Å²) >= 11 is 1.65. The number of halogens is 1. The molecule has 0 radical (unpaired) electrons. The third-order valence-corrected chi connectivity index (χ3v) is 6.95. The molecule has 26 heavy (non-hydrogen) atoms. The van der Waals surface area contributed by atoms with E-state index in [2.05, 4.69) is 22.2 Å². The van der Waals surface area contributed by atoms with Gasteiger partial charge in [0.25, 0.3) is 0 Å². The molecule has 0 amide bonds. The Kier molecular flexibility index (Phi) is 5.43. The van der Waals surface area contributed by atoms with Crippen LogP contribution in [0.4, 0.5) is 4.39 Å². The van der Waals surface area contributed by atoms with Crippen LogP contribution >= 0.6 is 11.3 Å². The number of hydrogen-bond acceptors (Lipinski definition) is 4. The fraction of sp³-hybridized carbons (Fsp3) is 0.263. The van der Waals surface area contributed by atoms with Crippen LogP contribution in [-0.2, 0) is 10.0 Å². The van der Waals surface area contributed by atoms with Crippen molar-refractivity contribution < 1.29 is 12.8 Å². The summed E-state index contributed by atoms with van der Waals surface area (Å²) in [5.41, 5.74) is 1.48. The molecular formula is C19H21FN2O2S2. The van der Waals surface area contributed by atoms with E-state index in [0.29, 0.717) is 5.56 Å². The lowest BCUT2D eigenvalue weighted by Gasteiger charge is -2.24. The summed E-state index contributed by atoms with van der Waals surface area (Å²) in [5.74, 6) is -0.447. The molecular weight excluding hydrogens is 371 g/mol. The lowest BCUT2D eigenvalue weighted by molar-refractivity contribution is 0.301. The fourth-order valence-electron chi connectivity index (χ4n) is 3.01. The smallest absolute Gasteiger partial charge is 0.240 e. The Morgan fingerprint density at radius 1 is 1.19 bits per heavy atom. The molecule has 0 saturated carbocycles. The Morgan fingerprint density at radius 2 is 1.92 bits per heavy atom. The van der Waals surface area contributed by atoms with Gasteiger partial charge < -0.3 is 4.90 Å². The number of fused-ring (bicyclic) bond motifs is 1. The van der Waals surface area contributed by atoms with E-state index in [9.17, 15) is 12.8 Å². The Bertz CT molecular complexity index is 1030. The van der Waals surface area contributed by atoms with Crippen molar-refractivity contribution in [2.45, 2.75) is 17.9 Å². The third-order valence-electron chi connectivity index (χ3n) is 4.39.